The Morgan fingerprint density at radius 3 is 2.83 bits per heavy atom. The fourth-order valence-electron chi connectivity index (χ4n) is 2.45. The summed E-state index contributed by atoms with van der Waals surface area (Å²) in [5, 5.41) is 15.2. The van der Waals surface area contributed by atoms with Gasteiger partial charge in [0.15, 0.2) is 0 Å². The van der Waals surface area contributed by atoms with E-state index in [4.69, 9.17) is 9.84 Å². The maximum absolute atomic E-state index is 11.9. The van der Waals surface area contributed by atoms with Crippen molar-refractivity contribution in [3.63, 3.8) is 0 Å². The molecule has 0 saturated carbocycles. The molecule has 8 nitrogen and oxygen atoms in total. The van der Waals surface area contributed by atoms with Crippen molar-refractivity contribution < 1.29 is 19.4 Å². The molecule has 0 saturated heterocycles. The lowest BCUT2D eigenvalue weighted by molar-refractivity contribution is 0.0599. The second kappa shape index (κ2) is 5.99. The normalized spacial score (nSPS) is 10.7. The molecule has 2 aliphatic rings. The van der Waals surface area contributed by atoms with Crippen LogP contribution in [0, 0.1) is 0 Å². The number of aromatic carboxylic acids is 1. The number of nitrogens with one attached hydrogen (secondary N) is 1. The Labute approximate surface area is 135 Å². The van der Waals surface area contributed by atoms with Crippen LogP contribution >= 0.6 is 0 Å². The van der Waals surface area contributed by atoms with Gasteiger partial charge in [0.05, 0.1) is 18.2 Å². The molecule has 0 radical (unpaired) electrons. The zero-order valence-electron chi connectivity index (χ0n) is 12.6. The number of esters is 1. The number of nitrogens with zero attached hydrogens (tertiary/aromatic N) is 2. The van der Waals surface area contributed by atoms with Gasteiger partial charge in [0, 0.05) is 18.9 Å². The van der Waals surface area contributed by atoms with Gasteiger partial charge in [-0.3, -0.25) is 4.79 Å². The number of rotatable bonds is 4. The van der Waals surface area contributed by atoms with Crippen LogP contribution in [0.3, 0.4) is 0 Å². The number of aromatic amines is 1. The second-order valence-electron chi connectivity index (χ2n) is 5.16. The number of carbonyl (C=O) groups is 2. The van der Waals surface area contributed by atoms with Crippen LogP contribution in [0.5, 0.6) is 0 Å². The van der Waals surface area contributed by atoms with Crippen LogP contribution in [0.4, 0.5) is 0 Å². The number of fused-ring (bicyclic) bond motifs is 1. The number of hydrogen-bond donors (Lipinski definition) is 2. The molecule has 24 heavy (non-hydrogen) atoms. The van der Waals surface area contributed by atoms with Crippen molar-refractivity contribution in [3.05, 3.63) is 63.7 Å². The summed E-state index contributed by atoms with van der Waals surface area (Å²) in [5.74, 6) is -1.63. The quantitative estimate of drug-likeness (QED) is 0.696. The molecule has 0 amide bonds. The highest BCUT2D eigenvalue weighted by Gasteiger charge is 2.21. The lowest BCUT2D eigenvalue weighted by Crippen LogP contribution is -2.12. The number of H-pyrrole nitrogens is 1. The van der Waals surface area contributed by atoms with E-state index in [1.54, 1.807) is 22.9 Å². The Morgan fingerprint density at radius 2 is 2.12 bits per heavy atom. The van der Waals surface area contributed by atoms with Gasteiger partial charge in [-0.25, -0.2) is 14.7 Å². The van der Waals surface area contributed by atoms with Gasteiger partial charge in [-0.1, -0.05) is 12.1 Å². The van der Waals surface area contributed by atoms with Crippen molar-refractivity contribution in [2.24, 2.45) is 0 Å². The molecule has 0 aromatic heterocycles. The first-order valence-corrected chi connectivity index (χ1v) is 6.98. The zero-order valence-corrected chi connectivity index (χ0v) is 12.6. The van der Waals surface area contributed by atoms with Gasteiger partial charge in [-0.05, 0) is 17.7 Å². The molecule has 0 spiro atoms. The largest absolute Gasteiger partial charge is 0.478 e. The topological polar surface area (TPSA) is 114 Å². The third-order valence-electron chi connectivity index (χ3n) is 3.56. The first-order chi connectivity index (χ1) is 11.5. The molecule has 0 fully saturated rings. The minimum Gasteiger partial charge on any atom is -0.478 e. The van der Waals surface area contributed by atoms with E-state index in [0.29, 0.717) is 5.56 Å². The minimum atomic E-state index is -1.02. The zero-order chi connectivity index (χ0) is 17.3. The highest BCUT2D eigenvalue weighted by atomic mass is 16.5. The van der Waals surface area contributed by atoms with Gasteiger partial charge in [0.25, 0.3) is 5.56 Å². The molecule has 0 unspecified atom stereocenters. The summed E-state index contributed by atoms with van der Waals surface area (Å²) in [6, 6.07) is 6.42. The number of methoxy groups -OCH3 is 1. The van der Waals surface area contributed by atoms with Crippen LogP contribution in [0.2, 0.25) is 0 Å². The number of benzene rings is 1. The molecule has 0 aliphatic carbocycles. The van der Waals surface area contributed by atoms with Crippen molar-refractivity contribution in [1.82, 2.24) is 14.8 Å². The Hall–Kier alpha value is -3.42. The van der Waals surface area contributed by atoms with Crippen LogP contribution in [0.15, 0.2) is 41.5 Å². The summed E-state index contributed by atoms with van der Waals surface area (Å²) in [6.45, 7) is 0.283. The molecule has 2 heterocycles. The van der Waals surface area contributed by atoms with Crippen molar-refractivity contribution in [2.75, 3.05) is 7.11 Å². The summed E-state index contributed by atoms with van der Waals surface area (Å²) < 4.78 is 6.34. The van der Waals surface area contributed by atoms with Gasteiger partial charge >= 0.3 is 11.9 Å². The van der Waals surface area contributed by atoms with E-state index in [1.807, 2.05) is 0 Å². The van der Waals surface area contributed by atoms with Gasteiger partial charge in [0.1, 0.15) is 11.3 Å². The summed E-state index contributed by atoms with van der Waals surface area (Å²) in [4.78, 5) is 34.8. The summed E-state index contributed by atoms with van der Waals surface area (Å²) in [7, 11) is 1.24. The van der Waals surface area contributed by atoms with E-state index < -0.39 is 17.5 Å². The predicted octanol–water partition coefficient (Wildman–Crippen LogP) is 1.21. The van der Waals surface area contributed by atoms with Gasteiger partial charge < -0.3 is 14.4 Å². The molecular formula is C16H13N3O5. The van der Waals surface area contributed by atoms with E-state index in [9.17, 15) is 14.4 Å². The molecule has 8 heteroatoms. The number of carboxylic acids is 1. The molecular weight excluding hydrogens is 314 g/mol. The van der Waals surface area contributed by atoms with Crippen LogP contribution < -0.4 is 5.56 Å². The number of carbonyl (C=O) groups excluding carboxylic acids is 1. The first-order valence-electron chi connectivity index (χ1n) is 6.98. The number of ether oxygens (including phenoxy) is 1. The van der Waals surface area contributed by atoms with Crippen LogP contribution in [0.25, 0.3) is 11.3 Å². The summed E-state index contributed by atoms with van der Waals surface area (Å²) >= 11 is 0. The van der Waals surface area contributed by atoms with E-state index in [-0.39, 0.29) is 28.9 Å². The highest BCUT2D eigenvalue weighted by Crippen LogP contribution is 2.21. The van der Waals surface area contributed by atoms with Crippen LogP contribution in [-0.4, -0.2) is 38.9 Å². The summed E-state index contributed by atoms with van der Waals surface area (Å²) in [5.41, 5.74) is 1.11. The third-order valence-corrected chi connectivity index (χ3v) is 3.56. The highest BCUT2D eigenvalue weighted by molar-refractivity contribution is 5.96. The monoisotopic (exact) mass is 327 g/mol. The molecule has 2 N–H and O–H groups in total. The standard InChI is InChI=1S/C16H13N3O5/c1-24-16(23)12-8-19(7-11-13(12)17-18-14(11)20)6-9-3-2-4-10(5-9)15(21)22/h2-5,7-8H,6H2,1H3,(H,18,20)(H,21,22). The maximum atomic E-state index is 11.9. The number of aromatic nitrogens is 3. The average molecular weight is 327 g/mol. The van der Waals surface area contributed by atoms with Gasteiger partial charge in [0.2, 0.25) is 0 Å². The Kier molecular flexibility index (Phi) is 3.87. The first kappa shape index (κ1) is 15.5. The van der Waals surface area contributed by atoms with E-state index in [1.165, 1.54) is 25.4 Å². The van der Waals surface area contributed by atoms with E-state index in [0.717, 1.165) is 0 Å². The predicted molar refractivity (Wildman–Crippen MR) is 83.3 cm³/mol. The van der Waals surface area contributed by atoms with Gasteiger partial charge in [-0.15, -0.1) is 0 Å². The molecule has 122 valence electrons. The summed E-state index contributed by atoms with van der Waals surface area (Å²) in [6.07, 6.45) is 3.07. The van der Waals surface area contributed by atoms with Crippen molar-refractivity contribution in [1.29, 1.82) is 0 Å². The Bertz CT molecular complexity index is 956. The van der Waals surface area contributed by atoms with Crippen molar-refractivity contribution in [2.45, 2.75) is 6.54 Å². The number of carboxylic acid groups (broad SMARTS) is 1. The van der Waals surface area contributed by atoms with Crippen molar-refractivity contribution in [3.8, 4) is 11.3 Å². The molecule has 1 aromatic carbocycles. The fourth-order valence-corrected chi connectivity index (χ4v) is 2.45. The van der Waals surface area contributed by atoms with Gasteiger partial charge in [-0.2, -0.15) is 5.10 Å². The second-order valence-corrected chi connectivity index (χ2v) is 5.16. The van der Waals surface area contributed by atoms with E-state index in [2.05, 4.69) is 10.2 Å². The van der Waals surface area contributed by atoms with Crippen molar-refractivity contribution >= 4 is 11.9 Å². The smallest absolute Gasteiger partial charge is 0.341 e. The maximum Gasteiger partial charge on any atom is 0.341 e. The van der Waals surface area contributed by atoms with Crippen LogP contribution in [0.1, 0.15) is 26.3 Å². The number of hydrogen-bond acceptors (Lipinski definition) is 5. The fraction of sp³-hybridized carbons (Fsp3) is 0.125. The lowest BCUT2D eigenvalue weighted by atomic mass is 10.1. The SMILES string of the molecule is COC(=O)c1cn(Cc2cccc(C(=O)O)c2)cc2c(=O)[nH]nc1-2. The number of pyridine rings is 1. The van der Waals surface area contributed by atoms with Crippen LogP contribution in [-0.2, 0) is 11.3 Å². The Morgan fingerprint density at radius 1 is 1.33 bits per heavy atom. The molecule has 3 rings (SSSR count). The Balaban J connectivity index is 2.06. The lowest BCUT2D eigenvalue weighted by Gasteiger charge is -2.12. The minimum absolute atomic E-state index is 0.155. The average Bonchev–Trinajstić information content (AvgIpc) is 2.95. The van der Waals surface area contributed by atoms with E-state index >= 15 is 0 Å². The molecule has 0 bridgehead atoms. The molecule has 1 aromatic rings. The third kappa shape index (κ3) is 2.76. The molecule has 2 aliphatic heterocycles. The molecule has 0 atom stereocenters.